The minimum absolute atomic E-state index is 0.0520. The predicted octanol–water partition coefficient (Wildman–Crippen LogP) is 4.16. The Morgan fingerprint density at radius 1 is 1.04 bits per heavy atom. The quantitative estimate of drug-likeness (QED) is 0.902. The van der Waals surface area contributed by atoms with Crippen LogP contribution in [-0.4, -0.2) is 17.6 Å². The third-order valence-electron chi connectivity index (χ3n) is 6.30. The molecule has 24 heavy (non-hydrogen) atoms. The summed E-state index contributed by atoms with van der Waals surface area (Å²) in [5.41, 5.74) is 2.39. The number of benzene rings is 1. The maximum atomic E-state index is 12.8. The second-order valence-corrected chi connectivity index (χ2v) is 8.77. The van der Waals surface area contributed by atoms with Gasteiger partial charge in [0.05, 0.1) is 0 Å². The number of carbonyl (C=O) groups is 1. The van der Waals surface area contributed by atoms with Crippen LogP contribution < -0.4 is 10.1 Å². The molecular weight excluding hydrogens is 298 g/mol. The Balaban J connectivity index is 1.42. The van der Waals surface area contributed by atoms with Crippen molar-refractivity contribution in [1.29, 1.82) is 0 Å². The van der Waals surface area contributed by atoms with Crippen molar-refractivity contribution < 1.29 is 9.53 Å². The van der Waals surface area contributed by atoms with Crippen LogP contribution in [0.1, 0.15) is 56.6 Å². The van der Waals surface area contributed by atoms with Crippen molar-refractivity contribution in [2.45, 2.75) is 70.9 Å². The number of rotatable bonds is 4. The number of ether oxygens (including phenoxy) is 1. The van der Waals surface area contributed by atoms with Crippen LogP contribution in [0, 0.1) is 31.6 Å². The van der Waals surface area contributed by atoms with Gasteiger partial charge in [0.1, 0.15) is 5.75 Å². The molecule has 4 aliphatic carbocycles. The van der Waals surface area contributed by atoms with Crippen molar-refractivity contribution in [2.75, 3.05) is 0 Å². The Bertz CT molecular complexity index is 596. The molecule has 130 valence electrons. The molecule has 4 aliphatic rings. The van der Waals surface area contributed by atoms with Gasteiger partial charge in [-0.2, -0.15) is 0 Å². The number of amides is 1. The van der Waals surface area contributed by atoms with Gasteiger partial charge in [0.15, 0.2) is 6.10 Å². The topological polar surface area (TPSA) is 38.3 Å². The molecule has 0 saturated heterocycles. The summed E-state index contributed by atoms with van der Waals surface area (Å²) in [6.07, 6.45) is 7.28. The lowest BCUT2D eigenvalue weighted by atomic mass is 9.53. The van der Waals surface area contributed by atoms with Gasteiger partial charge in [0.2, 0.25) is 0 Å². The van der Waals surface area contributed by atoms with Crippen molar-refractivity contribution in [3.05, 3.63) is 29.3 Å². The van der Waals surface area contributed by atoms with E-state index in [1.54, 1.807) is 0 Å². The van der Waals surface area contributed by atoms with E-state index in [0.717, 1.165) is 23.5 Å². The minimum Gasteiger partial charge on any atom is -0.481 e. The molecule has 0 aliphatic heterocycles. The Labute approximate surface area is 145 Å². The molecule has 1 aromatic carbocycles. The zero-order chi connectivity index (χ0) is 16.9. The summed E-state index contributed by atoms with van der Waals surface area (Å²) < 4.78 is 5.94. The molecular formula is C21H29NO2. The molecule has 0 spiro atoms. The van der Waals surface area contributed by atoms with Crippen molar-refractivity contribution in [3.8, 4) is 5.75 Å². The van der Waals surface area contributed by atoms with Gasteiger partial charge in [0.25, 0.3) is 5.91 Å². The lowest BCUT2D eigenvalue weighted by Gasteiger charge is -2.57. The van der Waals surface area contributed by atoms with Crippen LogP contribution >= 0.6 is 0 Å². The van der Waals surface area contributed by atoms with Gasteiger partial charge in [-0.1, -0.05) is 6.07 Å². The fourth-order valence-corrected chi connectivity index (χ4v) is 5.89. The molecule has 1 aromatic rings. The van der Waals surface area contributed by atoms with Gasteiger partial charge in [0, 0.05) is 5.54 Å². The smallest absolute Gasteiger partial charge is 0.261 e. The Hall–Kier alpha value is -1.51. The summed E-state index contributed by atoms with van der Waals surface area (Å²) in [7, 11) is 0. The third-order valence-corrected chi connectivity index (χ3v) is 6.30. The predicted molar refractivity (Wildman–Crippen MR) is 95.1 cm³/mol. The lowest BCUT2D eigenvalue weighted by Crippen LogP contribution is -2.61. The van der Waals surface area contributed by atoms with Crippen LogP contribution in [0.25, 0.3) is 0 Å². The average molecular weight is 327 g/mol. The van der Waals surface area contributed by atoms with Crippen LogP contribution in [-0.2, 0) is 4.79 Å². The number of hydrogen-bond acceptors (Lipinski definition) is 2. The van der Waals surface area contributed by atoms with Gasteiger partial charge in [-0.05, 0) is 100 Å². The molecule has 1 atom stereocenters. The molecule has 3 heteroatoms. The van der Waals surface area contributed by atoms with Crippen molar-refractivity contribution in [3.63, 3.8) is 0 Å². The summed E-state index contributed by atoms with van der Waals surface area (Å²) in [5, 5.41) is 3.41. The van der Waals surface area contributed by atoms with Gasteiger partial charge >= 0.3 is 0 Å². The van der Waals surface area contributed by atoms with Crippen LogP contribution in [0.3, 0.4) is 0 Å². The van der Waals surface area contributed by atoms with Gasteiger partial charge in [-0.15, -0.1) is 0 Å². The molecule has 4 saturated carbocycles. The van der Waals surface area contributed by atoms with Crippen LogP contribution in [0.15, 0.2) is 18.2 Å². The first-order valence-electron chi connectivity index (χ1n) is 9.48. The van der Waals surface area contributed by atoms with Crippen LogP contribution in [0.5, 0.6) is 5.75 Å². The molecule has 1 N–H and O–H groups in total. The normalized spacial score (nSPS) is 34.9. The van der Waals surface area contributed by atoms with E-state index in [1.165, 1.54) is 49.7 Å². The Morgan fingerprint density at radius 3 is 2.04 bits per heavy atom. The molecule has 1 amide bonds. The lowest BCUT2D eigenvalue weighted by molar-refractivity contribution is -0.133. The zero-order valence-corrected chi connectivity index (χ0v) is 15.1. The average Bonchev–Trinajstić information content (AvgIpc) is 2.43. The Morgan fingerprint density at radius 2 is 1.54 bits per heavy atom. The van der Waals surface area contributed by atoms with Gasteiger partial charge in [-0.25, -0.2) is 0 Å². The first kappa shape index (κ1) is 16.0. The SMILES string of the molecule is Cc1cc(C)cc(O[C@@H](C)C(=O)NC23CC4CC(CC(C4)C2)C3)c1. The number of nitrogens with one attached hydrogen (secondary N) is 1. The van der Waals surface area contributed by atoms with Gasteiger partial charge in [-0.3, -0.25) is 4.79 Å². The number of carbonyl (C=O) groups excluding carboxylic acids is 1. The van der Waals surface area contributed by atoms with E-state index in [-0.39, 0.29) is 11.4 Å². The van der Waals surface area contributed by atoms with E-state index in [0.29, 0.717) is 0 Å². The van der Waals surface area contributed by atoms with E-state index in [1.807, 2.05) is 19.1 Å². The standard InChI is InChI=1S/C21H29NO2/c1-13-4-14(2)6-19(5-13)24-15(3)20(23)22-21-10-16-7-17(11-21)9-18(8-16)12-21/h4-6,15-18H,7-12H2,1-3H3,(H,22,23)/t15-,16?,17?,18?,21?/m0/s1. The van der Waals surface area contributed by atoms with Gasteiger partial charge < -0.3 is 10.1 Å². The molecule has 0 heterocycles. The number of aryl methyl sites for hydroxylation is 2. The molecule has 4 bridgehead atoms. The molecule has 0 aromatic heterocycles. The highest BCUT2D eigenvalue weighted by Gasteiger charge is 2.51. The van der Waals surface area contributed by atoms with Crippen LogP contribution in [0.4, 0.5) is 0 Å². The number of hydrogen-bond donors (Lipinski definition) is 1. The largest absolute Gasteiger partial charge is 0.481 e. The van der Waals surface area contributed by atoms with E-state index in [2.05, 4.69) is 25.2 Å². The molecule has 3 nitrogen and oxygen atoms in total. The van der Waals surface area contributed by atoms with E-state index >= 15 is 0 Å². The van der Waals surface area contributed by atoms with E-state index in [4.69, 9.17) is 4.74 Å². The van der Waals surface area contributed by atoms with Crippen molar-refractivity contribution >= 4 is 5.91 Å². The summed E-state index contributed by atoms with van der Waals surface area (Å²) in [6, 6.07) is 6.12. The van der Waals surface area contributed by atoms with E-state index in [9.17, 15) is 4.79 Å². The summed E-state index contributed by atoms with van der Waals surface area (Å²) in [5.74, 6) is 3.36. The summed E-state index contributed by atoms with van der Waals surface area (Å²) in [4.78, 5) is 12.8. The molecule has 0 radical (unpaired) electrons. The molecule has 4 fully saturated rings. The highest BCUT2D eigenvalue weighted by molar-refractivity contribution is 5.81. The fourth-order valence-electron chi connectivity index (χ4n) is 5.89. The molecule has 0 unspecified atom stereocenters. The third kappa shape index (κ3) is 3.05. The second kappa shape index (κ2) is 5.79. The first-order valence-corrected chi connectivity index (χ1v) is 9.48. The summed E-state index contributed by atoms with van der Waals surface area (Å²) >= 11 is 0. The highest BCUT2D eigenvalue weighted by atomic mass is 16.5. The summed E-state index contributed by atoms with van der Waals surface area (Å²) in [6.45, 7) is 5.98. The maximum Gasteiger partial charge on any atom is 0.261 e. The fraction of sp³-hybridized carbons (Fsp3) is 0.667. The monoisotopic (exact) mass is 327 g/mol. The van der Waals surface area contributed by atoms with Crippen LogP contribution in [0.2, 0.25) is 0 Å². The first-order chi connectivity index (χ1) is 11.4. The Kier molecular flexibility index (Phi) is 3.85. The maximum absolute atomic E-state index is 12.8. The van der Waals surface area contributed by atoms with Crippen molar-refractivity contribution in [2.24, 2.45) is 17.8 Å². The molecule has 5 rings (SSSR count). The van der Waals surface area contributed by atoms with E-state index < -0.39 is 6.10 Å². The zero-order valence-electron chi connectivity index (χ0n) is 15.1. The van der Waals surface area contributed by atoms with Crippen molar-refractivity contribution in [1.82, 2.24) is 5.32 Å². The second-order valence-electron chi connectivity index (χ2n) is 8.77. The minimum atomic E-state index is -0.445. The highest BCUT2D eigenvalue weighted by Crippen LogP contribution is 2.55.